The van der Waals surface area contributed by atoms with Gasteiger partial charge in [0, 0.05) is 12.2 Å². The van der Waals surface area contributed by atoms with Crippen LogP contribution in [0.4, 0.5) is 13.2 Å². The summed E-state index contributed by atoms with van der Waals surface area (Å²) in [6, 6.07) is 4.20. The Kier molecular flexibility index (Phi) is 5.05. The van der Waals surface area contributed by atoms with Crippen molar-refractivity contribution in [3.05, 3.63) is 29.6 Å². The van der Waals surface area contributed by atoms with Gasteiger partial charge >= 0.3 is 0 Å². The number of halogens is 3. The highest BCUT2D eigenvalue weighted by molar-refractivity contribution is 5.39. The highest BCUT2D eigenvalue weighted by Gasteiger charge is 2.47. The molecule has 0 spiro atoms. The van der Waals surface area contributed by atoms with E-state index >= 15 is 0 Å². The molecule has 2 rings (SSSR count). The number of methoxy groups -OCH3 is 1. The predicted octanol–water partition coefficient (Wildman–Crippen LogP) is 4.71. The first-order chi connectivity index (χ1) is 10.3. The van der Waals surface area contributed by atoms with Crippen LogP contribution < -0.4 is 4.74 Å². The Bertz CT molecular complexity index is 509. The van der Waals surface area contributed by atoms with Gasteiger partial charge in [-0.3, -0.25) is 0 Å². The van der Waals surface area contributed by atoms with Crippen LogP contribution in [0.1, 0.15) is 45.1 Å². The van der Waals surface area contributed by atoms with Crippen LogP contribution in [0.5, 0.6) is 5.75 Å². The standard InChI is InChI=1S/C17H23F3O2/c1-16(2,13-10-12(18)6-7-14(13)21-3)11-17(15(19)20)8-4-5-9-22-17/h6-7,10,15H,4-5,8-9,11H2,1-3H3. The van der Waals surface area contributed by atoms with E-state index in [1.54, 1.807) is 0 Å². The first-order valence-electron chi connectivity index (χ1n) is 7.57. The fraction of sp³-hybridized carbons (Fsp3) is 0.647. The quantitative estimate of drug-likeness (QED) is 0.783. The molecule has 0 N–H and O–H groups in total. The molecule has 1 heterocycles. The number of hydrogen-bond donors (Lipinski definition) is 0. The summed E-state index contributed by atoms with van der Waals surface area (Å²) in [6.07, 6.45) is -0.589. The van der Waals surface area contributed by atoms with Crippen LogP contribution in [0.3, 0.4) is 0 Å². The lowest BCUT2D eigenvalue weighted by molar-refractivity contribution is -0.174. The molecule has 0 amide bonds. The molecule has 0 radical (unpaired) electrons. The average molecular weight is 316 g/mol. The third kappa shape index (κ3) is 3.40. The Morgan fingerprint density at radius 1 is 1.32 bits per heavy atom. The second kappa shape index (κ2) is 6.49. The zero-order valence-corrected chi connectivity index (χ0v) is 13.3. The average Bonchev–Trinajstić information content (AvgIpc) is 2.47. The molecule has 0 aromatic heterocycles. The van der Waals surface area contributed by atoms with Crippen molar-refractivity contribution in [2.75, 3.05) is 13.7 Å². The maximum atomic E-state index is 13.7. The van der Waals surface area contributed by atoms with Crippen LogP contribution in [0.25, 0.3) is 0 Å². The van der Waals surface area contributed by atoms with Crippen LogP contribution in [0, 0.1) is 5.82 Å². The highest BCUT2D eigenvalue weighted by atomic mass is 19.3. The van der Waals surface area contributed by atoms with Crippen LogP contribution in [0.15, 0.2) is 18.2 Å². The second-order valence-corrected chi connectivity index (χ2v) is 6.58. The lowest BCUT2D eigenvalue weighted by Gasteiger charge is -2.42. The molecular formula is C17H23F3O2. The summed E-state index contributed by atoms with van der Waals surface area (Å²) in [6.45, 7) is 4.00. The molecule has 124 valence electrons. The Labute approximate surface area is 129 Å². The molecule has 5 heteroatoms. The largest absolute Gasteiger partial charge is 0.496 e. The van der Waals surface area contributed by atoms with Crippen molar-refractivity contribution in [3.63, 3.8) is 0 Å². The van der Waals surface area contributed by atoms with E-state index in [9.17, 15) is 13.2 Å². The molecule has 1 aromatic rings. The third-order valence-electron chi connectivity index (χ3n) is 4.41. The lowest BCUT2D eigenvalue weighted by atomic mass is 9.72. The second-order valence-electron chi connectivity index (χ2n) is 6.58. The maximum Gasteiger partial charge on any atom is 0.267 e. The molecule has 1 atom stereocenters. The summed E-state index contributed by atoms with van der Waals surface area (Å²) < 4.78 is 51.7. The van der Waals surface area contributed by atoms with E-state index in [1.165, 1.54) is 25.3 Å². The van der Waals surface area contributed by atoms with Crippen molar-refractivity contribution >= 4 is 0 Å². The number of rotatable bonds is 5. The fourth-order valence-corrected chi connectivity index (χ4v) is 3.31. The van der Waals surface area contributed by atoms with E-state index < -0.39 is 23.3 Å². The first-order valence-corrected chi connectivity index (χ1v) is 7.57. The van der Waals surface area contributed by atoms with Crippen molar-refractivity contribution in [1.29, 1.82) is 0 Å². The zero-order chi connectivity index (χ0) is 16.4. The minimum Gasteiger partial charge on any atom is -0.496 e. The van der Waals surface area contributed by atoms with Gasteiger partial charge in [0.1, 0.15) is 17.2 Å². The smallest absolute Gasteiger partial charge is 0.267 e. The number of ether oxygens (including phenoxy) is 2. The van der Waals surface area contributed by atoms with E-state index in [2.05, 4.69) is 0 Å². The van der Waals surface area contributed by atoms with Gasteiger partial charge in [0.25, 0.3) is 6.43 Å². The van der Waals surface area contributed by atoms with E-state index in [-0.39, 0.29) is 6.42 Å². The zero-order valence-electron chi connectivity index (χ0n) is 13.3. The molecule has 1 unspecified atom stereocenters. The van der Waals surface area contributed by atoms with Gasteiger partial charge in [-0.1, -0.05) is 13.8 Å². The van der Waals surface area contributed by atoms with Crippen molar-refractivity contribution < 1.29 is 22.6 Å². The van der Waals surface area contributed by atoms with Crippen LogP contribution >= 0.6 is 0 Å². The maximum absolute atomic E-state index is 13.7. The SMILES string of the molecule is COc1ccc(F)cc1C(C)(C)CC1(C(F)F)CCCCO1. The van der Waals surface area contributed by atoms with Gasteiger partial charge < -0.3 is 9.47 Å². The third-order valence-corrected chi connectivity index (χ3v) is 4.41. The van der Waals surface area contributed by atoms with Crippen molar-refractivity contribution in [3.8, 4) is 5.75 Å². The molecule has 2 nitrogen and oxygen atoms in total. The normalized spacial score (nSPS) is 22.9. The topological polar surface area (TPSA) is 18.5 Å². The van der Waals surface area contributed by atoms with E-state index in [1.807, 2.05) is 13.8 Å². The molecule has 0 bridgehead atoms. The van der Waals surface area contributed by atoms with E-state index in [0.29, 0.717) is 24.3 Å². The number of benzene rings is 1. The summed E-state index contributed by atoms with van der Waals surface area (Å²) in [5.74, 6) is 0.103. The minimum absolute atomic E-state index is 0.123. The fourth-order valence-electron chi connectivity index (χ4n) is 3.31. The molecule has 1 aromatic carbocycles. The number of hydrogen-bond acceptors (Lipinski definition) is 2. The minimum atomic E-state index is -2.56. The molecule has 1 aliphatic rings. The van der Waals surface area contributed by atoms with Crippen LogP contribution in [0.2, 0.25) is 0 Å². The summed E-state index contributed by atoms with van der Waals surface area (Å²) >= 11 is 0. The molecule has 1 aliphatic heterocycles. The van der Waals surface area contributed by atoms with Gasteiger partial charge in [-0.05, 0) is 49.3 Å². The molecule has 1 saturated heterocycles. The highest BCUT2D eigenvalue weighted by Crippen LogP contribution is 2.44. The van der Waals surface area contributed by atoms with Gasteiger partial charge in [-0.2, -0.15) is 0 Å². The summed E-state index contributed by atoms with van der Waals surface area (Å²) in [5, 5.41) is 0. The molecule has 0 aliphatic carbocycles. The van der Waals surface area contributed by atoms with E-state index in [4.69, 9.17) is 9.47 Å². The van der Waals surface area contributed by atoms with Crippen molar-refractivity contribution in [1.82, 2.24) is 0 Å². The molecular weight excluding hydrogens is 293 g/mol. The van der Waals surface area contributed by atoms with Crippen molar-refractivity contribution in [2.24, 2.45) is 0 Å². The summed E-state index contributed by atoms with van der Waals surface area (Å²) in [5.41, 5.74) is -1.57. The van der Waals surface area contributed by atoms with Gasteiger partial charge in [-0.25, -0.2) is 13.2 Å². The summed E-state index contributed by atoms with van der Waals surface area (Å²) in [7, 11) is 1.49. The Hall–Kier alpha value is -1.23. The molecule has 1 fully saturated rings. The lowest BCUT2D eigenvalue weighted by Crippen LogP contribution is -2.47. The Balaban J connectivity index is 2.35. The van der Waals surface area contributed by atoms with Gasteiger partial charge in [0.15, 0.2) is 0 Å². The van der Waals surface area contributed by atoms with Crippen molar-refractivity contribution in [2.45, 2.75) is 57.0 Å². The van der Waals surface area contributed by atoms with E-state index in [0.717, 1.165) is 12.8 Å². The van der Waals surface area contributed by atoms with Gasteiger partial charge in [-0.15, -0.1) is 0 Å². The monoisotopic (exact) mass is 316 g/mol. The predicted molar refractivity (Wildman–Crippen MR) is 79.1 cm³/mol. The molecule has 0 saturated carbocycles. The van der Waals surface area contributed by atoms with Crippen LogP contribution in [-0.4, -0.2) is 25.7 Å². The molecule has 22 heavy (non-hydrogen) atoms. The Morgan fingerprint density at radius 3 is 2.59 bits per heavy atom. The van der Waals surface area contributed by atoms with Gasteiger partial charge in [0.2, 0.25) is 0 Å². The number of alkyl halides is 2. The first kappa shape index (κ1) is 17.1. The van der Waals surface area contributed by atoms with Gasteiger partial charge in [0.05, 0.1) is 7.11 Å². The van der Waals surface area contributed by atoms with Crippen LogP contribution in [-0.2, 0) is 10.2 Å². The Morgan fingerprint density at radius 2 is 2.05 bits per heavy atom. The summed E-state index contributed by atoms with van der Waals surface area (Å²) in [4.78, 5) is 0.